The molecule has 1 heterocycles. The van der Waals surface area contributed by atoms with Crippen LogP contribution in [0, 0.1) is 0 Å². The van der Waals surface area contributed by atoms with Gasteiger partial charge in [0.25, 0.3) is 0 Å². The molecule has 2 aromatic rings. The standard InChI is InChI=1S/C12H15N3O2/c1-12(2,13-3)11(16)15-8-4-5-9-10(6-8)17-7-14-9/h4-7,13H,1-3H3,(H,15,16). The molecule has 2 rings (SSSR count). The van der Waals surface area contributed by atoms with Gasteiger partial charge in [-0.1, -0.05) is 0 Å². The Balaban J connectivity index is 2.21. The summed E-state index contributed by atoms with van der Waals surface area (Å²) in [6.45, 7) is 3.63. The molecule has 0 spiro atoms. The van der Waals surface area contributed by atoms with Crippen molar-refractivity contribution in [1.82, 2.24) is 10.3 Å². The van der Waals surface area contributed by atoms with E-state index in [9.17, 15) is 4.79 Å². The molecule has 0 unspecified atom stereocenters. The van der Waals surface area contributed by atoms with Crippen LogP contribution in [0.3, 0.4) is 0 Å². The van der Waals surface area contributed by atoms with Crippen molar-refractivity contribution in [2.45, 2.75) is 19.4 Å². The van der Waals surface area contributed by atoms with Crippen LogP contribution in [0.15, 0.2) is 29.0 Å². The van der Waals surface area contributed by atoms with E-state index in [1.54, 1.807) is 25.2 Å². The summed E-state index contributed by atoms with van der Waals surface area (Å²) < 4.78 is 5.17. The van der Waals surface area contributed by atoms with Gasteiger partial charge in [-0.05, 0) is 33.0 Å². The second kappa shape index (κ2) is 4.18. The van der Waals surface area contributed by atoms with Crippen LogP contribution >= 0.6 is 0 Å². The highest BCUT2D eigenvalue weighted by Gasteiger charge is 2.25. The van der Waals surface area contributed by atoms with Crippen molar-refractivity contribution in [2.24, 2.45) is 0 Å². The first kappa shape index (κ1) is 11.6. The van der Waals surface area contributed by atoms with E-state index in [1.807, 2.05) is 13.8 Å². The lowest BCUT2D eigenvalue weighted by Crippen LogP contribution is -2.47. The van der Waals surface area contributed by atoms with Gasteiger partial charge in [0, 0.05) is 11.8 Å². The summed E-state index contributed by atoms with van der Waals surface area (Å²) in [5, 5.41) is 5.77. The quantitative estimate of drug-likeness (QED) is 0.847. The van der Waals surface area contributed by atoms with E-state index in [0.717, 1.165) is 5.52 Å². The third-order valence-electron chi connectivity index (χ3n) is 2.78. The lowest BCUT2D eigenvalue weighted by Gasteiger charge is -2.22. The number of hydrogen-bond acceptors (Lipinski definition) is 4. The number of carbonyl (C=O) groups is 1. The highest BCUT2D eigenvalue weighted by molar-refractivity contribution is 5.98. The van der Waals surface area contributed by atoms with Gasteiger partial charge in [-0.2, -0.15) is 0 Å². The number of hydrogen-bond donors (Lipinski definition) is 2. The minimum Gasteiger partial charge on any atom is -0.443 e. The number of benzene rings is 1. The molecule has 0 aliphatic carbocycles. The normalized spacial score (nSPS) is 11.7. The Morgan fingerprint density at radius 1 is 1.41 bits per heavy atom. The van der Waals surface area contributed by atoms with E-state index in [1.165, 1.54) is 6.39 Å². The Morgan fingerprint density at radius 2 is 2.18 bits per heavy atom. The lowest BCUT2D eigenvalue weighted by molar-refractivity contribution is -0.121. The van der Waals surface area contributed by atoms with Gasteiger partial charge in [-0.3, -0.25) is 4.79 Å². The van der Waals surface area contributed by atoms with E-state index >= 15 is 0 Å². The molecule has 0 radical (unpaired) electrons. The van der Waals surface area contributed by atoms with Crippen LogP contribution < -0.4 is 10.6 Å². The van der Waals surface area contributed by atoms with Crippen LogP contribution in [0.1, 0.15) is 13.8 Å². The summed E-state index contributed by atoms with van der Waals surface area (Å²) in [6, 6.07) is 5.36. The molecule has 0 saturated carbocycles. The number of amides is 1. The molecule has 0 aliphatic heterocycles. The Bertz CT molecular complexity index is 545. The first-order valence-electron chi connectivity index (χ1n) is 5.36. The molecule has 2 N–H and O–H groups in total. The number of carbonyl (C=O) groups excluding carboxylic acids is 1. The van der Waals surface area contributed by atoms with Gasteiger partial charge in [0.2, 0.25) is 5.91 Å². The molecule has 1 aromatic heterocycles. The van der Waals surface area contributed by atoms with Crippen LogP contribution in [-0.2, 0) is 4.79 Å². The van der Waals surface area contributed by atoms with Crippen LogP contribution in [-0.4, -0.2) is 23.5 Å². The van der Waals surface area contributed by atoms with Gasteiger partial charge >= 0.3 is 0 Å². The number of fused-ring (bicyclic) bond motifs is 1. The number of nitrogens with one attached hydrogen (secondary N) is 2. The lowest BCUT2D eigenvalue weighted by atomic mass is 10.1. The zero-order chi connectivity index (χ0) is 12.5. The van der Waals surface area contributed by atoms with Gasteiger partial charge < -0.3 is 15.1 Å². The van der Waals surface area contributed by atoms with Crippen LogP contribution in [0.5, 0.6) is 0 Å². The molecule has 1 amide bonds. The Hall–Kier alpha value is -1.88. The van der Waals surface area contributed by atoms with Crippen molar-refractivity contribution < 1.29 is 9.21 Å². The van der Waals surface area contributed by atoms with Crippen LogP contribution in [0.4, 0.5) is 5.69 Å². The number of oxazole rings is 1. The monoisotopic (exact) mass is 233 g/mol. The molecule has 90 valence electrons. The van der Waals surface area contributed by atoms with Gasteiger partial charge in [-0.15, -0.1) is 0 Å². The number of aromatic nitrogens is 1. The van der Waals surface area contributed by atoms with Gasteiger partial charge in [0.1, 0.15) is 5.52 Å². The average molecular weight is 233 g/mol. The Labute approximate surface area is 99.2 Å². The third kappa shape index (κ3) is 2.29. The fourth-order valence-electron chi connectivity index (χ4n) is 1.33. The molecule has 1 aromatic carbocycles. The summed E-state index contributed by atoms with van der Waals surface area (Å²) in [4.78, 5) is 15.9. The van der Waals surface area contributed by atoms with Crippen molar-refractivity contribution in [1.29, 1.82) is 0 Å². The Morgan fingerprint density at radius 3 is 2.88 bits per heavy atom. The number of anilines is 1. The molecule has 0 saturated heterocycles. The van der Waals surface area contributed by atoms with Gasteiger partial charge in [0.15, 0.2) is 12.0 Å². The first-order valence-corrected chi connectivity index (χ1v) is 5.36. The summed E-state index contributed by atoms with van der Waals surface area (Å²) in [6.07, 6.45) is 1.38. The Kier molecular flexibility index (Phi) is 2.85. The maximum Gasteiger partial charge on any atom is 0.244 e. The summed E-state index contributed by atoms with van der Waals surface area (Å²) in [5.41, 5.74) is 1.51. The molecule has 0 bridgehead atoms. The van der Waals surface area contributed by atoms with Crippen LogP contribution in [0.2, 0.25) is 0 Å². The SMILES string of the molecule is CNC(C)(C)C(=O)Nc1ccc2ncoc2c1. The predicted molar refractivity (Wildman–Crippen MR) is 65.8 cm³/mol. The predicted octanol–water partition coefficient (Wildman–Crippen LogP) is 1.76. The van der Waals surface area contributed by atoms with Crippen molar-refractivity contribution in [3.8, 4) is 0 Å². The largest absolute Gasteiger partial charge is 0.443 e. The van der Waals surface area contributed by atoms with Gasteiger partial charge in [-0.25, -0.2) is 4.98 Å². The van der Waals surface area contributed by atoms with Gasteiger partial charge in [0.05, 0.1) is 5.54 Å². The van der Waals surface area contributed by atoms with Crippen molar-refractivity contribution in [3.05, 3.63) is 24.6 Å². The topological polar surface area (TPSA) is 67.2 Å². The summed E-state index contributed by atoms with van der Waals surface area (Å²) >= 11 is 0. The maximum absolute atomic E-state index is 11.9. The second-order valence-electron chi connectivity index (χ2n) is 4.36. The van der Waals surface area contributed by atoms with E-state index in [4.69, 9.17) is 4.42 Å². The van der Waals surface area contributed by atoms with E-state index in [2.05, 4.69) is 15.6 Å². The molecule has 0 aliphatic rings. The highest BCUT2D eigenvalue weighted by atomic mass is 16.3. The molecule has 17 heavy (non-hydrogen) atoms. The summed E-state index contributed by atoms with van der Waals surface area (Å²) in [7, 11) is 1.75. The second-order valence-corrected chi connectivity index (χ2v) is 4.36. The fraction of sp³-hybridized carbons (Fsp3) is 0.333. The van der Waals surface area contributed by atoms with E-state index in [-0.39, 0.29) is 5.91 Å². The fourth-order valence-corrected chi connectivity index (χ4v) is 1.33. The van der Waals surface area contributed by atoms with E-state index in [0.29, 0.717) is 11.3 Å². The zero-order valence-corrected chi connectivity index (χ0v) is 10.1. The maximum atomic E-state index is 11.9. The smallest absolute Gasteiger partial charge is 0.244 e. The first-order chi connectivity index (χ1) is 8.03. The third-order valence-corrected chi connectivity index (χ3v) is 2.78. The van der Waals surface area contributed by atoms with E-state index < -0.39 is 5.54 Å². The van der Waals surface area contributed by atoms with Crippen molar-refractivity contribution in [3.63, 3.8) is 0 Å². The van der Waals surface area contributed by atoms with Crippen molar-refractivity contribution in [2.75, 3.05) is 12.4 Å². The molecule has 0 atom stereocenters. The number of likely N-dealkylation sites (N-methyl/N-ethyl adjacent to an activating group) is 1. The highest BCUT2D eigenvalue weighted by Crippen LogP contribution is 2.18. The zero-order valence-electron chi connectivity index (χ0n) is 10.1. The molecule has 0 fully saturated rings. The molecule has 5 heteroatoms. The van der Waals surface area contributed by atoms with Crippen molar-refractivity contribution >= 4 is 22.7 Å². The minimum absolute atomic E-state index is 0.0983. The summed E-state index contributed by atoms with van der Waals surface area (Å²) in [5.74, 6) is -0.0983. The number of rotatable bonds is 3. The molecular formula is C12H15N3O2. The number of nitrogens with zero attached hydrogens (tertiary/aromatic N) is 1. The molecular weight excluding hydrogens is 218 g/mol. The molecule has 5 nitrogen and oxygen atoms in total. The van der Waals surface area contributed by atoms with Crippen LogP contribution in [0.25, 0.3) is 11.1 Å². The average Bonchev–Trinajstić information content (AvgIpc) is 2.76. The minimum atomic E-state index is -0.615.